The van der Waals surface area contributed by atoms with Gasteiger partial charge in [-0.3, -0.25) is 9.92 Å². The van der Waals surface area contributed by atoms with Crippen LogP contribution in [-0.2, 0) is 14.6 Å². The zero-order valence-corrected chi connectivity index (χ0v) is 9.30. The predicted molar refractivity (Wildman–Crippen MR) is 48.4 cm³/mol. The largest absolute Gasteiger partial charge is 0.726 e. The molecule has 0 spiro atoms. The number of nitrogens with two attached hydrogens (primary N) is 1. The van der Waals surface area contributed by atoms with Crippen LogP contribution < -0.4 is 5.73 Å². The Bertz CT molecular complexity index is 207. The molecule has 82 valence electrons. The predicted octanol–water partition coefficient (Wildman–Crippen LogP) is -0.908. The maximum absolute atomic E-state index is 9.22. The van der Waals surface area contributed by atoms with Crippen molar-refractivity contribution in [3.63, 3.8) is 0 Å². The highest BCUT2D eigenvalue weighted by atomic mass is 32.3. The molecule has 0 aromatic carbocycles. The van der Waals surface area contributed by atoms with E-state index in [1.807, 2.05) is 0 Å². The molecule has 2 N–H and O–H groups in total. The third-order valence-electron chi connectivity index (χ3n) is 1.55. The molecule has 0 unspecified atom stereocenters. The van der Waals surface area contributed by atoms with E-state index in [1.165, 1.54) is 0 Å². The molecule has 0 rings (SSSR count). The lowest BCUT2D eigenvalue weighted by Crippen LogP contribution is -2.43. The van der Waals surface area contributed by atoms with E-state index in [2.05, 4.69) is 25.2 Å². The summed E-state index contributed by atoms with van der Waals surface area (Å²) >= 11 is 0. The summed E-state index contributed by atoms with van der Waals surface area (Å²) in [5.74, 6) is 0. The second-order valence-electron chi connectivity index (χ2n) is 3.01. The second-order valence-corrected chi connectivity index (χ2v) is 4.16. The Morgan fingerprint density at radius 2 is 1.77 bits per heavy atom. The first-order valence-corrected chi connectivity index (χ1v) is 5.05. The van der Waals surface area contributed by atoms with Gasteiger partial charge in [0.2, 0.25) is 10.4 Å². The average molecular weight is 214 g/mol. The van der Waals surface area contributed by atoms with E-state index in [0.29, 0.717) is 0 Å². The fraction of sp³-hybridized carbons (Fsp3) is 1.00. The van der Waals surface area contributed by atoms with Gasteiger partial charge in [0.25, 0.3) is 0 Å². The number of hydrogen-bond donors (Lipinski definition) is 1. The van der Waals surface area contributed by atoms with Crippen molar-refractivity contribution < 1.29 is 21.6 Å². The van der Waals surface area contributed by atoms with Gasteiger partial charge in [0.05, 0.1) is 27.7 Å². The number of hydrogen-bond acceptors (Lipinski definition) is 5. The van der Waals surface area contributed by atoms with Crippen molar-refractivity contribution in [2.75, 3.05) is 34.4 Å². The Kier molecular flexibility index (Phi) is 7.37. The zero-order chi connectivity index (χ0) is 11.1. The molecule has 6 nitrogen and oxygen atoms in total. The maximum atomic E-state index is 9.22. The van der Waals surface area contributed by atoms with Crippen molar-refractivity contribution in [1.29, 1.82) is 0 Å². The molecule has 0 amide bonds. The van der Waals surface area contributed by atoms with Crippen molar-refractivity contribution >= 4 is 10.4 Å². The molecule has 0 aromatic heterocycles. The first-order chi connectivity index (χ1) is 5.68. The SMILES string of the molecule is CC[N+](C)(C)CN.COS(=O)(=O)[O-]. The fourth-order valence-corrected chi connectivity index (χ4v) is 0.129. The second kappa shape index (κ2) is 6.28. The first kappa shape index (κ1) is 15.3. The summed E-state index contributed by atoms with van der Waals surface area (Å²) in [5.41, 5.74) is 5.39. The summed E-state index contributed by atoms with van der Waals surface area (Å²) in [6.45, 7) is 3.97. The van der Waals surface area contributed by atoms with Crippen LogP contribution in [0.4, 0.5) is 0 Å². The quantitative estimate of drug-likeness (QED) is 0.284. The summed E-state index contributed by atoms with van der Waals surface area (Å²) in [4.78, 5) is 0. The van der Waals surface area contributed by atoms with Gasteiger partial charge in [-0.25, -0.2) is 8.42 Å². The van der Waals surface area contributed by atoms with Crippen LogP contribution in [0.15, 0.2) is 0 Å². The van der Waals surface area contributed by atoms with Gasteiger partial charge in [0.15, 0.2) is 0 Å². The Morgan fingerprint density at radius 1 is 1.46 bits per heavy atom. The molecule has 13 heavy (non-hydrogen) atoms. The first-order valence-electron chi connectivity index (χ1n) is 3.72. The van der Waals surface area contributed by atoms with Crippen LogP contribution >= 0.6 is 0 Å². The number of quaternary nitrogens is 1. The molecule has 0 radical (unpaired) electrons. The molecule has 0 aliphatic rings. The minimum absolute atomic E-state index is 0.733. The Hall–Kier alpha value is -0.210. The van der Waals surface area contributed by atoms with Gasteiger partial charge in [0, 0.05) is 0 Å². The zero-order valence-electron chi connectivity index (χ0n) is 8.48. The lowest BCUT2D eigenvalue weighted by atomic mass is 10.5. The highest BCUT2D eigenvalue weighted by Crippen LogP contribution is 1.87. The molecule has 0 atom stereocenters. The highest BCUT2D eigenvalue weighted by molar-refractivity contribution is 7.80. The summed E-state index contributed by atoms with van der Waals surface area (Å²) < 4.78 is 31.9. The minimum Gasteiger partial charge on any atom is -0.726 e. The van der Waals surface area contributed by atoms with Gasteiger partial charge in [-0.15, -0.1) is 0 Å². The summed E-state index contributed by atoms with van der Waals surface area (Å²) in [6.07, 6.45) is 0. The molecule has 0 aliphatic carbocycles. The Morgan fingerprint density at radius 3 is 1.77 bits per heavy atom. The topological polar surface area (TPSA) is 92.5 Å². The van der Waals surface area contributed by atoms with Crippen LogP contribution in [0.3, 0.4) is 0 Å². The van der Waals surface area contributed by atoms with Gasteiger partial charge in [0.1, 0.15) is 6.67 Å². The third-order valence-corrected chi connectivity index (χ3v) is 1.96. The molecule has 0 heterocycles. The molecule has 0 bridgehead atoms. The van der Waals surface area contributed by atoms with Gasteiger partial charge in [-0.1, -0.05) is 0 Å². The van der Waals surface area contributed by atoms with E-state index in [9.17, 15) is 13.0 Å². The van der Waals surface area contributed by atoms with Crippen molar-refractivity contribution in [3.05, 3.63) is 0 Å². The highest BCUT2D eigenvalue weighted by Gasteiger charge is 2.05. The normalized spacial score (nSPS) is 11.8. The van der Waals surface area contributed by atoms with Crippen LogP contribution in [0.25, 0.3) is 0 Å². The van der Waals surface area contributed by atoms with Crippen molar-refractivity contribution in [1.82, 2.24) is 0 Å². The standard InChI is InChI=1S/C5H15N2.CH4O4S/c1-4-7(2,3)5-6;1-5-6(2,3)4/h4-6H2,1-3H3;1H3,(H,2,3,4)/q+1;/p-1. The van der Waals surface area contributed by atoms with Crippen LogP contribution in [0, 0.1) is 0 Å². The molecule has 0 aliphatic heterocycles. The summed E-state index contributed by atoms with van der Waals surface area (Å²) in [5, 5.41) is 0. The average Bonchev–Trinajstić information content (AvgIpc) is 2.04. The fourth-order valence-electron chi connectivity index (χ4n) is 0.129. The van der Waals surface area contributed by atoms with Crippen molar-refractivity contribution in [3.8, 4) is 0 Å². The number of rotatable bonds is 3. The number of nitrogens with zero attached hydrogens (tertiary/aromatic N) is 1. The van der Waals surface area contributed by atoms with Crippen molar-refractivity contribution in [2.24, 2.45) is 5.73 Å². The van der Waals surface area contributed by atoms with Crippen LogP contribution in [0.1, 0.15) is 6.92 Å². The molecule has 0 aromatic rings. The van der Waals surface area contributed by atoms with Crippen LogP contribution in [-0.4, -0.2) is 51.9 Å². The van der Waals surface area contributed by atoms with E-state index in [-0.39, 0.29) is 0 Å². The smallest absolute Gasteiger partial charge is 0.217 e. The van der Waals surface area contributed by atoms with Gasteiger partial charge in [-0.2, -0.15) is 0 Å². The molecular formula is C6H18N2O4S. The molecular weight excluding hydrogens is 196 g/mol. The van der Waals surface area contributed by atoms with Crippen LogP contribution in [0.5, 0.6) is 0 Å². The summed E-state index contributed by atoms with van der Waals surface area (Å²) in [7, 11) is 0.618. The molecule has 0 fully saturated rings. The van der Waals surface area contributed by atoms with E-state index in [1.54, 1.807) is 0 Å². The van der Waals surface area contributed by atoms with E-state index in [0.717, 1.165) is 24.8 Å². The van der Waals surface area contributed by atoms with Gasteiger partial charge >= 0.3 is 0 Å². The summed E-state index contributed by atoms with van der Waals surface area (Å²) in [6, 6.07) is 0. The lowest BCUT2D eigenvalue weighted by molar-refractivity contribution is -0.888. The van der Waals surface area contributed by atoms with Crippen molar-refractivity contribution in [2.45, 2.75) is 6.92 Å². The van der Waals surface area contributed by atoms with Gasteiger partial charge in [-0.05, 0) is 6.92 Å². The Labute approximate surface area is 79.8 Å². The minimum atomic E-state index is -4.41. The van der Waals surface area contributed by atoms with E-state index >= 15 is 0 Å². The van der Waals surface area contributed by atoms with Gasteiger partial charge < -0.3 is 9.04 Å². The molecule has 0 saturated heterocycles. The molecule has 0 saturated carbocycles. The third kappa shape index (κ3) is 14.6. The van der Waals surface area contributed by atoms with Crippen LogP contribution in [0.2, 0.25) is 0 Å². The molecule has 7 heteroatoms. The van der Waals surface area contributed by atoms with E-state index in [4.69, 9.17) is 5.73 Å². The monoisotopic (exact) mass is 214 g/mol. The maximum Gasteiger partial charge on any atom is 0.217 e. The lowest BCUT2D eigenvalue weighted by Gasteiger charge is -2.25. The Balaban J connectivity index is 0. The van der Waals surface area contributed by atoms with E-state index < -0.39 is 10.4 Å².